The second-order valence-electron chi connectivity index (χ2n) is 5.92. The van der Waals surface area contributed by atoms with Crippen molar-refractivity contribution < 1.29 is 14.3 Å². The summed E-state index contributed by atoms with van der Waals surface area (Å²) < 4.78 is 10.0. The number of hydrogen-bond acceptors (Lipinski definition) is 3. The summed E-state index contributed by atoms with van der Waals surface area (Å²) in [5.74, 6) is -0.371. The lowest BCUT2D eigenvalue weighted by Gasteiger charge is -2.22. The minimum Gasteiger partial charge on any atom is -0.503 e. The lowest BCUT2D eigenvalue weighted by Crippen LogP contribution is -2.12. The fourth-order valence-corrected chi connectivity index (χ4v) is 2.73. The van der Waals surface area contributed by atoms with Gasteiger partial charge in [-0.2, -0.15) is 0 Å². The highest BCUT2D eigenvalue weighted by molar-refractivity contribution is 5.94. The highest BCUT2D eigenvalue weighted by Gasteiger charge is 2.23. The number of rotatable bonds is 5. The Balaban J connectivity index is 2.44. The van der Waals surface area contributed by atoms with Gasteiger partial charge in [0.15, 0.2) is 0 Å². The average Bonchev–Trinajstić information content (AvgIpc) is 2.60. The summed E-state index contributed by atoms with van der Waals surface area (Å²) in [4.78, 5) is 12.2. The van der Waals surface area contributed by atoms with Gasteiger partial charge in [0.05, 0.1) is 26.1 Å². The molecule has 1 aromatic carbocycles. The van der Waals surface area contributed by atoms with E-state index in [0.717, 1.165) is 29.6 Å². The summed E-state index contributed by atoms with van der Waals surface area (Å²) in [7, 11) is 2.93. The van der Waals surface area contributed by atoms with Crippen LogP contribution in [-0.2, 0) is 14.3 Å². The van der Waals surface area contributed by atoms with E-state index in [1.807, 2.05) is 18.2 Å². The smallest absolute Gasteiger partial charge is 0.341 e. The molecule has 0 fully saturated rings. The molecule has 0 aromatic heterocycles. The maximum Gasteiger partial charge on any atom is 0.341 e. The molecule has 0 spiro atoms. The fraction of sp³-hybridized carbons (Fsp3) is 0.286. The van der Waals surface area contributed by atoms with Crippen LogP contribution in [0.2, 0.25) is 0 Å². The summed E-state index contributed by atoms with van der Waals surface area (Å²) in [5.41, 5.74) is 6.33. The third-order valence-electron chi connectivity index (χ3n) is 4.26. The molecule has 1 aliphatic rings. The van der Waals surface area contributed by atoms with Crippen molar-refractivity contribution in [1.82, 2.24) is 0 Å². The molecule has 0 N–H and O–H groups in total. The Kier molecular flexibility index (Phi) is 6.19. The molecule has 0 saturated carbocycles. The van der Waals surface area contributed by atoms with E-state index in [4.69, 9.17) is 9.47 Å². The molecule has 2 rings (SSSR count). The average molecular weight is 324 g/mol. The molecule has 1 aliphatic carbocycles. The summed E-state index contributed by atoms with van der Waals surface area (Å²) >= 11 is 0. The Morgan fingerprint density at radius 1 is 1.00 bits per heavy atom. The number of benzene rings is 1. The molecule has 126 valence electrons. The lowest BCUT2D eigenvalue weighted by atomic mass is 9.83. The van der Waals surface area contributed by atoms with Gasteiger partial charge in [0.1, 0.15) is 0 Å². The number of allylic oxidation sites excluding steroid dienone is 4. The van der Waals surface area contributed by atoms with Crippen molar-refractivity contribution in [3.63, 3.8) is 0 Å². The van der Waals surface area contributed by atoms with Gasteiger partial charge in [-0.05, 0) is 43.4 Å². The zero-order valence-electron chi connectivity index (χ0n) is 14.8. The third kappa shape index (κ3) is 4.25. The molecule has 0 radical (unpaired) electrons. The van der Waals surface area contributed by atoms with Gasteiger partial charge in [0.25, 0.3) is 0 Å². The Morgan fingerprint density at radius 3 is 2.29 bits per heavy atom. The van der Waals surface area contributed by atoms with Gasteiger partial charge in [-0.15, -0.1) is 0 Å². The first-order valence-corrected chi connectivity index (χ1v) is 7.98. The van der Waals surface area contributed by atoms with Crippen molar-refractivity contribution in [3.05, 3.63) is 76.1 Å². The van der Waals surface area contributed by atoms with Crippen molar-refractivity contribution in [1.29, 1.82) is 0 Å². The first-order chi connectivity index (χ1) is 11.6. The number of hydrogen-bond donors (Lipinski definition) is 0. The van der Waals surface area contributed by atoms with Crippen LogP contribution in [0.15, 0.2) is 70.5 Å². The predicted molar refractivity (Wildman–Crippen MR) is 97.2 cm³/mol. The van der Waals surface area contributed by atoms with Crippen LogP contribution in [0.25, 0.3) is 6.08 Å². The Hall–Kier alpha value is -2.55. The number of methoxy groups -OCH3 is 2. The van der Waals surface area contributed by atoms with Crippen molar-refractivity contribution in [2.45, 2.75) is 26.7 Å². The first-order valence-electron chi connectivity index (χ1n) is 7.98. The van der Waals surface area contributed by atoms with E-state index in [1.165, 1.54) is 24.5 Å². The molecular formula is C21H24O3. The number of ether oxygens (including phenoxy) is 2. The van der Waals surface area contributed by atoms with Crippen LogP contribution in [-0.4, -0.2) is 20.2 Å². The Bertz CT molecular complexity index is 719. The van der Waals surface area contributed by atoms with Gasteiger partial charge < -0.3 is 9.47 Å². The first kappa shape index (κ1) is 17.8. The Morgan fingerprint density at radius 2 is 1.67 bits per heavy atom. The second-order valence-corrected chi connectivity index (χ2v) is 5.92. The van der Waals surface area contributed by atoms with Crippen LogP contribution in [0.5, 0.6) is 0 Å². The molecule has 0 heterocycles. The van der Waals surface area contributed by atoms with Crippen LogP contribution >= 0.6 is 0 Å². The Labute approximate surface area is 144 Å². The van der Waals surface area contributed by atoms with E-state index in [0.29, 0.717) is 5.57 Å². The maximum atomic E-state index is 12.2. The highest BCUT2D eigenvalue weighted by atomic mass is 16.5. The molecule has 0 bridgehead atoms. The maximum absolute atomic E-state index is 12.2. The molecule has 0 unspecified atom stereocenters. The summed E-state index contributed by atoms with van der Waals surface area (Å²) in [5, 5.41) is 0. The minimum absolute atomic E-state index is 0.371. The van der Waals surface area contributed by atoms with Crippen LogP contribution in [0.3, 0.4) is 0 Å². The largest absolute Gasteiger partial charge is 0.503 e. The fourth-order valence-electron chi connectivity index (χ4n) is 2.73. The number of esters is 1. The SMILES string of the molecule is CO/C=C(\C(=O)OC)C1=C(/C=C\c2ccccc2)CC(C)=C(C)C1. The van der Waals surface area contributed by atoms with Crippen LogP contribution in [0.4, 0.5) is 0 Å². The molecule has 3 heteroatoms. The van der Waals surface area contributed by atoms with Gasteiger partial charge in [-0.25, -0.2) is 4.79 Å². The van der Waals surface area contributed by atoms with Crippen molar-refractivity contribution in [2.75, 3.05) is 14.2 Å². The quantitative estimate of drug-likeness (QED) is 0.337. The topological polar surface area (TPSA) is 35.5 Å². The molecule has 0 atom stereocenters. The molecule has 3 nitrogen and oxygen atoms in total. The lowest BCUT2D eigenvalue weighted by molar-refractivity contribution is -0.136. The van der Waals surface area contributed by atoms with Crippen molar-refractivity contribution in [3.8, 4) is 0 Å². The molecule has 24 heavy (non-hydrogen) atoms. The third-order valence-corrected chi connectivity index (χ3v) is 4.26. The van der Waals surface area contributed by atoms with Gasteiger partial charge in [0, 0.05) is 0 Å². The zero-order chi connectivity index (χ0) is 17.5. The molecule has 0 aliphatic heterocycles. The second kappa shape index (κ2) is 8.34. The molecule has 0 saturated heterocycles. The van der Waals surface area contributed by atoms with E-state index in [-0.39, 0.29) is 5.97 Å². The van der Waals surface area contributed by atoms with E-state index >= 15 is 0 Å². The summed E-state index contributed by atoms with van der Waals surface area (Å²) in [6.45, 7) is 4.25. The van der Waals surface area contributed by atoms with Gasteiger partial charge >= 0.3 is 5.97 Å². The normalized spacial score (nSPS) is 15.9. The highest BCUT2D eigenvalue weighted by Crippen LogP contribution is 2.35. The standard InChI is InChI=1S/C21H24O3/c1-15-12-18(11-10-17-8-6-5-7-9-17)19(13-16(15)2)20(14-23-3)21(22)24-4/h5-11,14H,12-13H2,1-4H3/b11-10-,20-14-. The van der Waals surface area contributed by atoms with E-state index in [1.54, 1.807) is 7.11 Å². The van der Waals surface area contributed by atoms with Gasteiger partial charge in [-0.3, -0.25) is 0 Å². The predicted octanol–water partition coefficient (Wildman–Crippen LogP) is 4.83. The monoisotopic (exact) mass is 324 g/mol. The number of carbonyl (C=O) groups is 1. The zero-order valence-corrected chi connectivity index (χ0v) is 14.8. The summed E-state index contributed by atoms with van der Waals surface area (Å²) in [6, 6.07) is 10.1. The number of carbonyl (C=O) groups excluding carboxylic acids is 1. The van der Waals surface area contributed by atoms with E-state index < -0.39 is 0 Å². The van der Waals surface area contributed by atoms with Gasteiger partial charge in [-0.1, -0.05) is 53.6 Å². The van der Waals surface area contributed by atoms with Crippen molar-refractivity contribution >= 4 is 12.0 Å². The van der Waals surface area contributed by atoms with Gasteiger partial charge in [0.2, 0.25) is 0 Å². The van der Waals surface area contributed by atoms with Crippen molar-refractivity contribution in [2.24, 2.45) is 0 Å². The van der Waals surface area contributed by atoms with E-state index in [2.05, 4.69) is 38.1 Å². The summed E-state index contributed by atoms with van der Waals surface area (Å²) in [6.07, 6.45) is 7.19. The van der Waals surface area contributed by atoms with E-state index in [9.17, 15) is 4.79 Å². The molecule has 0 amide bonds. The van der Waals surface area contributed by atoms with Crippen LogP contribution in [0, 0.1) is 0 Å². The van der Waals surface area contributed by atoms with Crippen LogP contribution in [0.1, 0.15) is 32.3 Å². The minimum atomic E-state index is -0.371. The molecule has 1 aromatic rings. The van der Waals surface area contributed by atoms with Crippen LogP contribution < -0.4 is 0 Å². The molecular weight excluding hydrogens is 300 g/mol.